The summed E-state index contributed by atoms with van der Waals surface area (Å²) in [4.78, 5) is 8.94. The zero-order chi connectivity index (χ0) is 13.2. The molecule has 1 aliphatic rings. The monoisotopic (exact) mass is 318 g/mol. The second-order valence-electron chi connectivity index (χ2n) is 4.66. The van der Waals surface area contributed by atoms with E-state index in [0.717, 1.165) is 21.7 Å². The number of halogens is 1. The smallest absolute Gasteiger partial charge is 0.224 e. The van der Waals surface area contributed by atoms with Crippen LogP contribution in [0.2, 0.25) is 0 Å². The van der Waals surface area contributed by atoms with Crippen LogP contribution in [0, 0.1) is 0 Å². The molecular formula is C14H15BrN4. The topological polar surface area (TPSA) is 49.8 Å². The molecule has 0 radical (unpaired) electrons. The Bertz CT molecular complexity index is 596. The average molecular weight is 319 g/mol. The fraction of sp³-hybridized carbons (Fsp3) is 0.286. The lowest BCUT2D eigenvalue weighted by molar-refractivity contribution is 0.991. The highest BCUT2D eigenvalue weighted by Crippen LogP contribution is 2.40. The Kier molecular flexibility index (Phi) is 3.38. The van der Waals surface area contributed by atoms with Crippen LogP contribution in [0.3, 0.4) is 0 Å². The molecule has 3 rings (SSSR count). The molecule has 2 aromatic rings. The first kappa shape index (κ1) is 12.4. The van der Waals surface area contributed by atoms with Gasteiger partial charge in [0.1, 0.15) is 5.82 Å². The minimum atomic E-state index is 0.609. The van der Waals surface area contributed by atoms with E-state index in [1.807, 2.05) is 37.4 Å². The molecule has 4 nitrogen and oxygen atoms in total. The second kappa shape index (κ2) is 5.17. The second-order valence-corrected chi connectivity index (χ2v) is 5.58. The van der Waals surface area contributed by atoms with Gasteiger partial charge in [-0.1, -0.05) is 22.0 Å². The van der Waals surface area contributed by atoms with Crippen molar-refractivity contribution >= 4 is 33.4 Å². The summed E-state index contributed by atoms with van der Waals surface area (Å²) >= 11 is 3.47. The van der Waals surface area contributed by atoms with Crippen molar-refractivity contribution in [1.82, 2.24) is 9.97 Å². The lowest BCUT2D eigenvalue weighted by Gasteiger charge is -2.09. The molecule has 5 heteroatoms. The number of aromatic nitrogens is 2. The lowest BCUT2D eigenvalue weighted by Crippen LogP contribution is -2.03. The number of nitrogens with one attached hydrogen (secondary N) is 2. The van der Waals surface area contributed by atoms with E-state index in [1.54, 1.807) is 0 Å². The number of nitrogens with zero attached hydrogens (tertiary/aromatic N) is 2. The molecule has 1 saturated carbocycles. The Balaban J connectivity index is 1.89. The fourth-order valence-corrected chi connectivity index (χ4v) is 2.34. The van der Waals surface area contributed by atoms with E-state index >= 15 is 0 Å². The molecule has 1 heterocycles. The molecule has 1 aromatic heterocycles. The molecule has 1 aliphatic carbocycles. The molecule has 0 saturated heterocycles. The third kappa shape index (κ3) is 3.04. The largest absolute Gasteiger partial charge is 0.357 e. The van der Waals surface area contributed by atoms with Gasteiger partial charge < -0.3 is 10.6 Å². The zero-order valence-corrected chi connectivity index (χ0v) is 12.2. The summed E-state index contributed by atoms with van der Waals surface area (Å²) < 4.78 is 1.04. The van der Waals surface area contributed by atoms with Crippen molar-refractivity contribution in [1.29, 1.82) is 0 Å². The molecule has 0 unspecified atom stereocenters. The standard InChI is InChI=1S/C14H15BrN4/c1-16-14-18-12(9-5-6-9)8-13(19-14)17-11-4-2-3-10(15)7-11/h2-4,7-9H,5-6H2,1H3,(H2,16,17,18,19). The van der Waals surface area contributed by atoms with Crippen LogP contribution < -0.4 is 10.6 Å². The molecule has 0 bridgehead atoms. The minimum Gasteiger partial charge on any atom is -0.357 e. The summed E-state index contributed by atoms with van der Waals surface area (Å²) in [6.07, 6.45) is 2.47. The summed E-state index contributed by atoms with van der Waals surface area (Å²) in [7, 11) is 1.84. The third-order valence-electron chi connectivity index (χ3n) is 3.06. The first-order valence-corrected chi connectivity index (χ1v) is 7.13. The number of benzene rings is 1. The van der Waals surface area contributed by atoms with Gasteiger partial charge in [0.2, 0.25) is 5.95 Å². The van der Waals surface area contributed by atoms with Gasteiger partial charge in [0.25, 0.3) is 0 Å². The molecule has 1 aromatic carbocycles. The molecule has 98 valence electrons. The van der Waals surface area contributed by atoms with Crippen LogP contribution >= 0.6 is 15.9 Å². The summed E-state index contributed by atoms with van der Waals surface area (Å²) in [5.74, 6) is 2.11. The van der Waals surface area contributed by atoms with E-state index in [9.17, 15) is 0 Å². The maximum Gasteiger partial charge on any atom is 0.224 e. The van der Waals surface area contributed by atoms with E-state index in [-0.39, 0.29) is 0 Å². The average Bonchev–Trinajstić information content (AvgIpc) is 3.22. The molecular weight excluding hydrogens is 304 g/mol. The third-order valence-corrected chi connectivity index (χ3v) is 3.56. The maximum absolute atomic E-state index is 4.50. The molecule has 0 amide bonds. The fourth-order valence-electron chi connectivity index (χ4n) is 1.94. The molecule has 0 atom stereocenters. The lowest BCUT2D eigenvalue weighted by atomic mass is 10.2. The molecule has 1 fully saturated rings. The van der Waals surface area contributed by atoms with Crippen LogP contribution in [0.5, 0.6) is 0 Å². The Morgan fingerprint density at radius 3 is 2.74 bits per heavy atom. The summed E-state index contributed by atoms with van der Waals surface area (Å²) in [6, 6.07) is 10.1. The van der Waals surface area contributed by atoms with Gasteiger partial charge in [0.15, 0.2) is 0 Å². The van der Waals surface area contributed by atoms with Gasteiger partial charge in [-0.2, -0.15) is 4.98 Å². The van der Waals surface area contributed by atoms with Gasteiger partial charge in [-0.05, 0) is 31.0 Å². The first-order chi connectivity index (χ1) is 9.24. The number of hydrogen-bond acceptors (Lipinski definition) is 4. The SMILES string of the molecule is CNc1nc(Nc2cccc(Br)c2)cc(C2CC2)n1. The van der Waals surface area contributed by atoms with Crippen molar-refractivity contribution in [3.8, 4) is 0 Å². The number of anilines is 3. The molecule has 2 N–H and O–H groups in total. The van der Waals surface area contributed by atoms with Crippen molar-refractivity contribution < 1.29 is 0 Å². The highest BCUT2D eigenvalue weighted by atomic mass is 79.9. The van der Waals surface area contributed by atoms with E-state index in [1.165, 1.54) is 12.8 Å². The quantitative estimate of drug-likeness (QED) is 0.897. The minimum absolute atomic E-state index is 0.609. The van der Waals surface area contributed by atoms with E-state index < -0.39 is 0 Å². The van der Waals surface area contributed by atoms with Crippen molar-refractivity contribution in [3.63, 3.8) is 0 Å². The zero-order valence-electron chi connectivity index (χ0n) is 10.7. The van der Waals surface area contributed by atoms with Crippen LogP contribution in [0.15, 0.2) is 34.8 Å². The van der Waals surface area contributed by atoms with E-state index in [4.69, 9.17) is 0 Å². The predicted molar refractivity (Wildman–Crippen MR) is 81.0 cm³/mol. The van der Waals surface area contributed by atoms with Gasteiger partial charge in [-0.3, -0.25) is 0 Å². The van der Waals surface area contributed by atoms with Crippen LogP contribution in [-0.4, -0.2) is 17.0 Å². The first-order valence-electron chi connectivity index (χ1n) is 6.34. The maximum atomic E-state index is 4.50. The highest BCUT2D eigenvalue weighted by Gasteiger charge is 2.26. The molecule has 0 spiro atoms. The number of rotatable bonds is 4. The van der Waals surface area contributed by atoms with Gasteiger partial charge in [-0.15, -0.1) is 0 Å². The van der Waals surface area contributed by atoms with E-state index in [0.29, 0.717) is 11.9 Å². The Morgan fingerprint density at radius 1 is 1.21 bits per heavy atom. The van der Waals surface area contributed by atoms with Crippen LogP contribution in [-0.2, 0) is 0 Å². The van der Waals surface area contributed by atoms with Crippen molar-refractivity contribution in [2.24, 2.45) is 0 Å². The Labute approximate surface area is 120 Å². The Hall–Kier alpha value is -1.62. The summed E-state index contributed by atoms with van der Waals surface area (Å²) in [5, 5.41) is 6.34. The number of hydrogen-bond donors (Lipinski definition) is 2. The molecule has 0 aliphatic heterocycles. The summed E-state index contributed by atoms with van der Waals surface area (Å²) in [5.41, 5.74) is 2.13. The van der Waals surface area contributed by atoms with Gasteiger partial charge in [0.05, 0.1) is 5.69 Å². The van der Waals surface area contributed by atoms with Crippen molar-refractivity contribution in [3.05, 3.63) is 40.5 Å². The highest BCUT2D eigenvalue weighted by molar-refractivity contribution is 9.10. The van der Waals surface area contributed by atoms with Crippen LogP contribution in [0.25, 0.3) is 0 Å². The van der Waals surface area contributed by atoms with Gasteiger partial charge in [-0.25, -0.2) is 4.98 Å². The van der Waals surface area contributed by atoms with Crippen LogP contribution in [0.4, 0.5) is 17.5 Å². The van der Waals surface area contributed by atoms with Crippen molar-refractivity contribution in [2.45, 2.75) is 18.8 Å². The normalized spacial score (nSPS) is 14.2. The predicted octanol–water partition coefficient (Wildman–Crippen LogP) is 3.90. The van der Waals surface area contributed by atoms with Gasteiger partial charge in [0, 0.05) is 29.2 Å². The molecule has 19 heavy (non-hydrogen) atoms. The Morgan fingerprint density at radius 2 is 2.05 bits per heavy atom. The van der Waals surface area contributed by atoms with Crippen LogP contribution in [0.1, 0.15) is 24.5 Å². The van der Waals surface area contributed by atoms with Crippen molar-refractivity contribution in [2.75, 3.05) is 17.7 Å². The van der Waals surface area contributed by atoms with E-state index in [2.05, 4.69) is 36.5 Å². The summed E-state index contributed by atoms with van der Waals surface area (Å²) in [6.45, 7) is 0. The van der Waals surface area contributed by atoms with Gasteiger partial charge >= 0.3 is 0 Å².